The van der Waals surface area contributed by atoms with E-state index in [1.54, 1.807) is 61.8 Å². The SMILES string of the molecule is COc1ccc(C2(O)OC(=O)C(c3ccc4nsnc4c3)=C2Cc2ccc(OC)nc2)cc1. The Morgan fingerprint density at radius 2 is 1.79 bits per heavy atom. The summed E-state index contributed by atoms with van der Waals surface area (Å²) >= 11 is 1.10. The summed E-state index contributed by atoms with van der Waals surface area (Å²) in [6.45, 7) is 0. The van der Waals surface area contributed by atoms with Crippen molar-refractivity contribution in [3.05, 3.63) is 83.1 Å². The van der Waals surface area contributed by atoms with Crippen molar-refractivity contribution in [1.82, 2.24) is 13.7 Å². The van der Waals surface area contributed by atoms with E-state index in [1.807, 2.05) is 6.07 Å². The van der Waals surface area contributed by atoms with Gasteiger partial charge in [-0.25, -0.2) is 9.78 Å². The average Bonchev–Trinajstić information content (AvgIpc) is 3.41. The molecule has 33 heavy (non-hydrogen) atoms. The van der Waals surface area contributed by atoms with Gasteiger partial charge in [0.25, 0.3) is 5.79 Å². The Morgan fingerprint density at radius 1 is 1.00 bits per heavy atom. The second-order valence-electron chi connectivity index (χ2n) is 7.47. The molecule has 0 amide bonds. The van der Waals surface area contributed by atoms with Gasteiger partial charge >= 0.3 is 5.97 Å². The van der Waals surface area contributed by atoms with Crippen LogP contribution in [0, 0.1) is 0 Å². The highest BCUT2D eigenvalue weighted by Crippen LogP contribution is 2.45. The third-order valence-corrected chi connectivity index (χ3v) is 6.12. The zero-order chi connectivity index (χ0) is 23.0. The number of nitrogens with zero attached hydrogens (tertiary/aromatic N) is 3. The number of benzene rings is 2. The van der Waals surface area contributed by atoms with E-state index < -0.39 is 11.8 Å². The molecule has 166 valence electrons. The van der Waals surface area contributed by atoms with Gasteiger partial charge in [-0.2, -0.15) is 8.75 Å². The molecular weight excluding hydrogens is 442 g/mol. The summed E-state index contributed by atoms with van der Waals surface area (Å²) in [6.07, 6.45) is 1.88. The predicted octanol–water partition coefficient (Wildman–Crippen LogP) is 3.50. The molecule has 0 bridgehead atoms. The van der Waals surface area contributed by atoms with Crippen LogP contribution in [0.3, 0.4) is 0 Å². The molecule has 1 unspecified atom stereocenters. The van der Waals surface area contributed by atoms with Gasteiger partial charge in [0.1, 0.15) is 16.8 Å². The molecule has 4 aromatic rings. The molecule has 9 heteroatoms. The van der Waals surface area contributed by atoms with Gasteiger partial charge in [0.15, 0.2) is 0 Å². The van der Waals surface area contributed by atoms with Gasteiger partial charge in [-0.3, -0.25) is 0 Å². The van der Waals surface area contributed by atoms with Crippen LogP contribution in [-0.2, 0) is 21.7 Å². The Kier molecular flexibility index (Phi) is 5.27. The van der Waals surface area contributed by atoms with Crippen LogP contribution in [0.15, 0.2) is 66.4 Å². The van der Waals surface area contributed by atoms with E-state index in [2.05, 4.69) is 13.7 Å². The number of ether oxygens (including phenoxy) is 3. The molecule has 0 radical (unpaired) electrons. The van der Waals surface area contributed by atoms with Crippen LogP contribution < -0.4 is 9.47 Å². The highest BCUT2D eigenvalue weighted by atomic mass is 32.1. The molecule has 8 nitrogen and oxygen atoms in total. The Balaban J connectivity index is 1.67. The molecule has 0 fully saturated rings. The Morgan fingerprint density at radius 3 is 2.48 bits per heavy atom. The van der Waals surface area contributed by atoms with E-state index in [1.165, 1.54) is 7.11 Å². The molecule has 1 aliphatic rings. The number of rotatable bonds is 6. The third kappa shape index (κ3) is 3.71. The number of aromatic nitrogens is 3. The fourth-order valence-electron chi connectivity index (χ4n) is 3.87. The average molecular weight is 461 g/mol. The van der Waals surface area contributed by atoms with Gasteiger partial charge in [-0.05, 0) is 47.5 Å². The highest BCUT2D eigenvalue weighted by Gasteiger charge is 2.48. The topological polar surface area (TPSA) is 104 Å². The van der Waals surface area contributed by atoms with Gasteiger partial charge in [-0.15, -0.1) is 0 Å². The summed E-state index contributed by atoms with van der Waals surface area (Å²) in [5.74, 6) is -1.47. The molecule has 1 N–H and O–H groups in total. The van der Waals surface area contributed by atoms with E-state index in [0.717, 1.165) is 22.8 Å². The number of methoxy groups -OCH3 is 2. The number of hydrogen-bond donors (Lipinski definition) is 1. The van der Waals surface area contributed by atoms with Crippen LogP contribution in [0.5, 0.6) is 11.6 Å². The maximum absolute atomic E-state index is 13.1. The number of pyridine rings is 1. The molecule has 3 heterocycles. The van der Waals surface area contributed by atoms with E-state index in [0.29, 0.717) is 39.4 Å². The minimum atomic E-state index is -1.95. The van der Waals surface area contributed by atoms with Gasteiger partial charge in [0.05, 0.1) is 31.5 Å². The maximum atomic E-state index is 13.1. The second-order valence-corrected chi connectivity index (χ2v) is 8.00. The number of fused-ring (bicyclic) bond motifs is 1. The lowest BCUT2D eigenvalue weighted by Gasteiger charge is -2.26. The first-order valence-electron chi connectivity index (χ1n) is 10.1. The Hall–Kier alpha value is -3.82. The zero-order valence-electron chi connectivity index (χ0n) is 17.8. The Bertz CT molecular complexity index is 1370. The van der Waals surface area contributed by atoms with Crippen LogP contribution in [0.2, 0.25) is 0 Å². The van der Waals surface area contributed by atoms with E-state index in [4.69, 9.17) is 14.2 Å². The van der Waals surface area contributed by atoms with E-state index >= 15 is 0 Å². The lowest BCUT2D eigenvalue weighted by molar-refractivity contribution is -0.185. The summed E-state index contributed by atoms with van der Waals surface area (Å²) in [5, 5.41) is 11.7. The van der Waals surface area contributed by atoms with Crippen molar-refractivity contribution < 1.29 is 24.1 Å². The number of hydrogen-bond acceptors (Lipinski definition) is 9. The molecule has 2 aromatic heterocycles. The standard InChI is InChI=1S/C24H19N3O5S/c1-30-17-7-5-16(6-8-17)24(29)18(11-14-3-10-21(31-2)25-13-14)22(23(28)32-24)15-4-9-19-20(12-15)27-33-26-19/h3-10,12-13,29H,11H2,1-2H3. The molecule has 1 atom stereocenters. The van der Waals surface area contributed by atoms with Gasteiger partial charge in [0.2, 0.25) is 5.88 Å². The fourth-order valence-corrected chi connectivity index (χ4v) is 4.39. The third-order valence-electron chi connectivity index (χ3n) is 5.57. The molecule has 0 aliphatic carbocycles. The fraction of sp³-hybridized carbons (Fsp3) is 0.167. The van der Waals surface area contributed by atoms with E-state index in [-0.39, 0.29) is 6.42 Å². The largest absolute Gasteiger partial charge is 0.497 e. The van der Waals surface area contributed by atoms with Crippen molar-refractivity contribution in [3.63, 3.8) is 0 Å². The van der Waals surface area contributed by atoms with Crippen molar-refractivity contribution >= 4 is 34.3 Å². The van der Waals surface area contributed by atoms with Crippen LogP contribution in [0.25, 0.3) is 16.6 Å². The monoisotopic (exact) mass is 461 g/mol. The molecule has 2 aromatic carbocycles. The lowest BCUT2D eigenvalue weighted by atomic mass is 9.88. The van der Waals surface area contributed by atoms with Crippen LogP contribution in [-0.4, -0.2) is 39.0 Å². The number of aliphatic hydroxyl groups is 1. The number of carbonyl (C=O) groups is 1. The summed E-state index contributed by atoms with van der Waals surface area (Å²) in [7, 11) is 3.10. The van der Waals surface area contributed by atoms with Crippen molar-refractivity contribution in [1.29, 1.82) is 0 Å². The predicted molar refractivity (Wildman–Crippen MR) is 122 cm³/mol. The van der Waals surface area contributed by atoms with Crippen LogP contribution >= 0.6 is 11.7 Å². The minimum absolute atomic E-state index is 0.230. The Labute approximate surface area is 193 Å². The molecule has 0 spiro atoms. The zero-order valence-corrected chi connectivity index (χ0v) is 18.6. The summed E-state index contributed by atoms with van der Waals surface area (Å²) < 4.78 is 24.5. The van der Waals surface area contributed by atoms with Crippen LogP contribution in [0.4, 0.5) is 0 Å². The lowest BCUT2D eigenvalue weighted by Crippen LogP contribution is -2.29. The van der Waals surface area contributed by atoms with Gasteiger partial charge in [0, 0.05) is 29.8 Å². The smallest absolute Gasteiger partial charge is 0.342 e. The summed E-state index contributed by atoms with van der Waals surface area (Å²) in [4.78, 5) is 17.4. The van der Waals surface area contributed by atoms with Crippen molar-refractivity contribution in [3.8, 4) is 11.6 Å². The number of cyclic esters (lactones) is 1. The number of carbonyl (C=O) groups excluding carboxylic acids is 1. The van der Waals surface area contributed by atoms with E-state index in [9.17, 15) is 9.90 Å². The van der Waals surface area contributed by atoms with Gasteiger partial charge < -0.3 is 19.3 Å². The normalized spacial score (nSPS) is 18.0. The molecule has 0 saturated carbocycles. The molecule has 0 saturated heterocycles. The molecular formula is C24H19N3O5S. The first-order chi connectivity index (χ1) is 16.0. The summed E-state index contributed by atoms with van der Waals surface area (Å²) in [6, 6.07) is 15.7. The highest BCUT2D eigenvalue weighted by molar-refractivity contribution is 7.00. The van der Waals surface area contributed by atoms with Crippen molar-refractivity contribution in [2.45, 2.75) is 12.2 Å². The first kappa shape index (κ1) is 21.0. The van der Waals surface area contributed by atoms with Crippen molar-refractivity contribution in [2.24, 2.45) is 0 Å². The number of esters is 1. The summed E-state index contributed by atoms with van der Waals surface area (Å²) in [5.41, 5.74) is 3.90. The maximum Gasteiger partial charge on any atom is 0.342 e. The molecule has 5 rings (SSSR count). The van der Waals surface area contributed by atoms with Crippen LogP contribution in [0.1, 0.15) is 16.7 Å². The second kappa shape index (κ2) is 8.27. The first-order valence-corrected chi connectivity index (χ1v) is 10.8. The molecule has 1 aliphatic heterocycles. The van der Waals surface area contributed by atoms with Crippen molar-refractivity contribution in [2.75, 3.05) is 14.2 Å². The quantitative estimate of drug-likeness (QED) is 0.435. The minimum Gasteiger partial charge on any atom is -0.497 e. The van der Waals surface area contributed by atoms with Gasteiger partial charge in [-0.1, -0.05) is 12.1 Å².